The molecule has 1 aromatic carbocycles. The lowest BCUT2D eigenvalue weighted by atomic mass is 10.0. The first-order valence-corrected chi connectivity index (χ1v) is 8.48. The van der Waals surface area contributed by atoms with E-state index in [0.29, 0.717) is 12.0 Å². The third kappa shape index (κ3) is 4.29. The van der Waals surface area contributed by atoms with E-state index < -0.39 is 12.0 Å². The minimum absolute atomic E-state index is 0.258. The van der Waals surface area contributed by atoms with Crippen molar-refractivity contribution in [2.24, 2.45) is 5.92 Å². The second-order valence-electron chi connectivity index (χ2n) is 6.63. The molecule has 1 unspecified atom stereocenters. The van der Waals surface area contributed by atoms with Gasteiger partial charge in [-0.3, -0.25) is 4.79 Å². The zero-order chi connectivity index (χ0) is 18.6. The molecule has 1 N–H and O–H groups in total. The van der Waals surface area contributed by atoms with Crippen molar-refractivity contribution in [2.45, 2.75) is 40.2 Å². The molecule has 2 rings (SSSR count). The minimum atomic E-state index is -0.641. The fourth-order valence-corrected chi connectivity index (χ4v) is 3.03. The smallest absolute Gasteiger partial charge is 0.328 e. The van der Waals surface area contributed by atoms with Crippen molar-refractivity contribution in [3.8, 4) is 5.69 Å². The summed E-state index contributed by atoms with van der Waals surface area (Å²) in [5.41, 5.74) is 3.38. The Hall–Kier alpha value is -2.56. The highest BCUT2D eigenvalue weighted by Crippen LogP contribution is 2.21. The van der Waals surface area contributed by atoms with Gasteiger partial charge in [-0.1, -0.05) is 32.0 Å². The van der Waals surface area contributed by atoms with E-state index in [1.54, 1.807) is 0 Å². The lowest BCUT2D eigenvalue weighted by molar-refractivity contribution is -0.143. The molecule has 0 aliphatic rings. The van der Waals surface area contributed by atoms with Gasteiger partial charge in [-0.15, -0.1) is 0 Å². The number of nitrogens with zero attached hydrogens (tertiary/aromatic N) is 1. The number of ether oxygens (including phenoxy) is 1. The number of carbonyl (C=O) groups excluding carboxylic acids is 2. The van der Waals surface area contributed by atoms with Crippen molar-refractivity contribution in [1.29, 1.82) is 0 Å². The summed E-state index contributed by atoms with van der Waals surface area (Å²) in [4.78, 5) is 24.7. The van der Waals surface area contributed by atoms with Gasteiger partial charge in [0, 0.05) is 17.1 Å². The van der Waals surface area contributed by atoms with Gasteiger partial charge in [-0.05, 0) is 44.4 Å². The van der Waals surface area contributed by atoms with Gasteiger partial charge in [0.25, 0.3) is 5.91 Å². The topological polar surface area (TPSA) is 60.3 Å². The fourth-order valence-electron chi connectivity index (χ4n) is 3.03. The van der Waals surface area contributed by atoms with E-state index in [9.17, 15) is 9.59 Å². The van der Waals surface area contributed by atoms with Crippen LogP contribution in [-0.2, 0) is 9.53 Å². The molecule has 1 amide bonds. The Balaban J connectivity index is 2.29. The number of benzene rings is 1. The molecule has 0 aliphatic carbocycles. The fraction of sp³-hybridized carbons (Fsp3) is 0.400. The van der Waals surface area contributed by atoms with Crippen LogP contribution in [0.2, 0.25) is 0 Å². The van der Waals surface area contributed by atoms with Crippen LogP contribution in [-0.4, -0.2) is 29.6 Å². The number of aryl methyl sites for hydroxylation is 1. The van der Waals surface area contributed by atoms with E-state index in [2.05, 4.69) is 5.32 Å². The molecule has 5 heteroatoms. The van der Waals surface area contributed by atoms with Crippen LogP contribution < -0.4 is 5.32 Å². The molecule has 1 atom stereocenters. The number of aromatic nitrogens is 1. The van der Waals surface area contributed by atoms with Gasteiger partial charge >= 0.3 is 5.97 Å². The molecule has 0 bridgehead atoms. The highest BCUT2D eigenvalue weighted by molar-refractivity contribution is 5.98. The number of rotatable bonds is 6. The lowest BCUT2D eigenvalue weighted by Crippen LogP contribution is -2.42. The van der Waals surface area contributed by atoms with Crippen LogP contribution in [0.1, 0.15) is 42.0 Å². The Morgan fingerprint density at radius 1 is 1.16 bits per heavy atom. The summed E-state index contributed by atoms with van der Waals surface area (Å²) >= 11 is 0. The third-order valence-electron chi connectivity index (χ3n) is 4.19. The normalized spacial score (nSPS) is 12.1. The minimum Gasteiger partial charge on any atom is -0.467 e. The van der Waals surface area contributed by atoms with E-state index in [-0.39, 0.29) is 11.8 Å². The standard InChI is InChI=1S/C20H26N2O3/c1-13(2)11-18(20(24)25-5)21-19(23)17-12-14(3)22(15(17)4)16-9-7-6-8-10-16/h6-10,12-13,18H,11H2,1-5H3,(H,21,23). The molecule has 1 heterocycles. The van der Waals surface area contributed by atoms with Crippen LogP contribution in [0.5, 0.6) is 0 Å². The number of esters is 1. The van der Waals surface area contributed by atoms with Gasteiger partial charge in [-0.2, -0.15) is 0 Å². The summed E-state index contributed by atoms with van der Waals surface area (Å²) in [6.45, 7) is 7.87. The molecule has 0 saturated heterocycles. The highest BCUT2D eigenvalue weighted by Gasteiger charge is 2.25. The SMILES string of the molecule is COC(=O)C(CC(C)C)NC(=O)c1cc(C)n(-c2ccccc2)c1C. The van der Waals surface area contributed by atoms with E-state index in [4.69, 9.17) is 4.74 Å². The predicted molar refractivity (Wildman–Crippen MR) is 98.0 cm³/mol. The van der Waals surface area contributed by atoms with E-state index in [1.807, 2.05) is 68.7 Å². The van der Waals surface area contributed by atoms with Crippen molar-refractivity contribution in [3.05, 3.63) is 53.3 Å². The molecule has 134 valence electrons. The van der Waals surface area contributed by atoms with Crippen LogP contribution in [0.15, 0.2) is 36.4 Å². The second-order valence-corrected chi connectivity index (χ2v) is 6.63. The summed E-state index contributed by atoms with van der Waals surface area (Å²) in [5.74, 6) is -0.411. The molecule has 0 fully saturated rings. The number of nitrogens with one attached hydrogen (secondary N) is 1. The van der Waals surface area contributed by atoms with Gasteiger partial charge in [0.05, 0.1) is 12.7 Å². The first-order valence-electron chi connectivity index (χ1n) is 8.48. The summed E-state index contributed by atoms with van der Waals surface area (Å²) in [5, 5.41) is 2.82. The highest BCUT2D eigenvalue weighted by atomic mass is 16.5. The average molecular weight is 342 g/mol. The molecule has 0 radical (unpaired) electrons. The van der Waals surface area contributed by atoms with Crippen molar-refractivity contribution >= 4 is 11.9 Å². The van der Waals surface area contributed by atoms with Crippen LogP contribution in [0.25, 0.3) is 5.69 Å². The van der Waals surface area contributed by atoms with E-state index in [1.165, 1.54) is 7.11 Å². The quantitative estimate of drug-likeness (QED) is 0.819. The van der Waals surface area contributed by atoms with Gasteiger partial charge < -0.3 is 14.6 Å². The molecule has 0 aliphatic heterocycles. The van der Waals surface area contributed by atoms with Crippen molar-refractivity contribution in [2.75, 3.05) is 7.11 Å². The Labute approximate surface area is 149 Å². The largest absolute Gasteiger partial charge is 0.467 e. The summed E-state index contributed by atoms with van der Waals surface area (Å²) in [6, 6.07) is 11.1. The van der Waals surface area contributed by atoms with Gasteiger partial charge in [0.15, 0.2) is 0 Å². The second kappa shape index (κ2) is 8.01. The van der Waals surface area contributed by atoms with Gasteiger partial charge in [0.1, 0.15) is 6.04 Å². The average Bonchev–Trinajstić information content (AvgIpc) is 2.88. The first kappa shape index (κ1) is 18.8. The predicted octanol–water partition coefficient (Wildman–Crippen LogP) is 3.41. The molecule has 1 aromatic heterocycles. The van der Waals surface area contributed by atoms with Crippen LogP contribution in [0, 0.1) is 19.8 Å². The monoisotopic (exact) mass is 342 g/mol. The van der Waals surface area contributed by atoms with Crippen LogP contribution in [0.4, 0.5) is 0 Å². The molecule has 25 heavy (non-hydrogen) atoms. The van der Waals surface area contributed by atoms with Crippen molar-refractivity contribution in [3.63, 3.8) is 0 Å². The first-order chi connectivity index (χ1) is 11.8. The van der Waals surface area contributed by atoms with Gasteiger partial charge in [0.2, 0.25) is 0 Å². The molecule has 2 aromatic rings. The molecule has 0 spiro atoms. The number of hydrogen-bond donors (Lipinski definition) is 1. The Kier molecular flexibility index (Phi) is 6.02. The zero-order valence-corrected chi connectivity index (χ0v) is 15.5. The third-order valence-corrected chi connectivity index (χ3v) is 4.19. The maximum absolute atomic E-state index is 12.7. The van der Waals surface area contributed by atoms with Crippen LogP contribution >= 0.6 is 0 Å². The maximum Gasteiger partial charge on any atom is 0.328 e. The maximum atomic E-state index is 12.7. The number of methoxy groups -OCH3 is 1. The van der Waals surface area contributed by atoms with Gasteiger partial charge in [-0.25, -0.2) is 4.79 Å². The lowest BCUT2D eigenvalue weighted by Gasteiger charge is -2.18. The Morgan fingerprint density at radius 3 is 2.36 bits per heavy atom. The number of para-hydroxylation sites is 1. The van der Waals surface area contributed by atoms with Crippen molar-refractivity contribution in [1.82, 2.24) is 9.88 Å². The summed E-state index contributed by atoms with van der Waals surface area (Å²) < 4.78 is 6.85. The molecule has 5 nitrogen and oxygen atoms in total. The van der Waals surface area contributed by atoms with Crippen LogP contribution in [0.3, 0.4) is 0 Å². The zero-order valence-electron chi connectivity index (χ0n) is 15.5. The summed E-state index contributed by atoms with van der Waals surface area (Å²) in [6.07, 6.45) is 0.538. The molecular formula is C20H26N2O3. The number of carbonyl (C=O) groups is 2. The van der Waals surface area contributed by atoms with Crippen molar-refractivity contribution < 1.29 is 14.3 Å². The molecular weight excluding hydrogens is 316 g/mol. The number of hydrogen-bond acceptors (Lipinski definition) is 3. The summed E-state index contributed by atoms with van der Waals surface area (Å²) in [7, 11) is 1.34. The molecule has 0 saturated carbocycles. The van der Waals surface area contributed by atoms with E-state index in [0.717, 1.165) is 17.1 Å². The van der Waals surface area contributed by atoms with E-state index >= 15 is 0 Å². The Bertz CT molecular complexity index is 748. The number of amides is 1. The Morgan fingerprint density at radius 2 is 1.80 bits per heavy atom.